The number of benzene rings is 2. The molecule has 108 valence electrons. The Balaban J connectivity index is 1.76. The van der Waals surface area contributed by atoms with Crippen LogP contribution in [0.1, 0.15) is 40.2 Å². The van der Waals surface area contributed by atoms with Crippen molar-refractivity contribution in [2.24, 2.45) is 0 Å². The molecule has 4 heteroatoms. The van der Waals surface area contributed by atoms with Gasteiger partial charge >= 0.3 is 5.97 Å². The van der Waals surface area contributed by atoms with Crippen molar-refractivity contribution < 1.29 is 9.90 Å². The predicted molar refractivity (Wildman–Crippen MR) is 84.2 cm³/mol. The Hall–Kier alpha value is -2.00. The van der Waals surface area contributed by atoms with Crippen molar-refractivity contribution in [3.8, 4) is 0 Å². The van der Waals surface area contributed by atoms with Crippen LogP contribution in [0.2, 0.25) is 5.02 Å². The fourth-order valence-electron chi connectivity index (χ4n) is 2.48. The number of rotatable bonds is 5. The molecule has 2 aromatic carbocycles. The van der Waals surface area contributed by atoms with Crippen LogP contribution < -0.4 is 5.32 Å². The molecule has 0 atom stereocenters. The van der Waals surface area contributed by atoms with E-state index in [1.165, 1.54) is 24.0 Å². The molecule has 0 aliphatic heterocycles. The van der Waals surface area contributed by atoms with E-state index in [4.69, 9.17) is 16.7 Å². The number of carboxylic acid groups (broad SMARTS) is 1. The molecule has 0 amide bonds. The van der Waals surface area contributed by atoms with Crippen molar-refractivity contribution in [2.45, 2.75) is 25.3 Å². The molecule has 1 aliphatic rings. The van der Waals surface area contributed by atoms with Crippen LogP contribution >= 0.6 is 11.6 Å². The minimum atomic E-state index is -1.01. The molecule has 3 nitrogen and oxygen atoms in total. The van der Waals surface area contributed by atoms with Gasteiger partial charge in [0.1, 0.15) is 0 Å². The first-order valence-corrected chi connectivity index (χ1v) is 7.37. The second-order valence-electron chi connectivity index (χ2n) is 5.33. The fraction of sp³-hybridized carbons (Fsp3) is 0.235. The Labute approximate surface area is 128 Å². The summed E-state index contributed by atoms with van der Waals surface area (Å²) in [5, 5.41) is 12.6. The van der Waals surface area contributed by atoms with Gasteiger partial charge in [-0.25, -0.2) is 4.79 Å². The van der Waals surface area contributed by atoms with Crippen molar-refractivity contribution >= 4 is 23.3 Å². The maximum absolute atomic E-state index is 11.1. The summed E-state index contributed by atoms with van der Waals surface area (Å²) in [5.74, 6) is -0.315. The molecule has 0 heterocycles. The van der Waals surface area contributed by atoms with Gasteiger partial charge in [-0.3, -0.25) is 0 Å². The van der Waals surface area contributed by atoms with Crippen LogP contribution in [0.4, 0.5) is 5.69 Å². The summed E-state index contributed by atoms with van der Waals surface area (Å²) in [5.41, 5.74) is 3.56. The highest BCUT2D eigenvalue weighted by atomic mass is 35.5. The van der Waals surface area contributed by atoms with E-state index < -0.39 is 5.97 Å². The smallest absolute Gasteiger partial charge is 0.337 e. The summed E-state index contributed by atoms with van der Waals surface area (Å²) in [7, 11) is 0. The summed E-state index contributed by atoms with van der Waals surface area (Å²) >= 11 is 5.87. The minimum Gasteiger partial charge on any atom is -0.478 e. The van der Waals surface area contributed by atoms with E-state index in [2.05, 4.69) is 23.5 Å². The van der Waals surface area contributed by atoms with Crippen LogP contribution in [0.25, 0.3) is 0 Å². The van der Waals surface area contributed by atoms with Crippen molar-refractivity contribution in [2.75, 3.05) is 5.32 Å². The molecule has 21 heavy (non-hydrogen) atoms. The monoisotopic (exact) mass is 301 g/mol. The third-order valence-corrected chi connectivity index (χ3v) is 4.08. The largest absolute Gasteiger partial charge is 0.478 e. The lowest BCUT2D eigenvalue weighted by atomic mass is 10.0. The van der Waals surface area contributed by atoms with Crippen LogP contribution in [-0.4, -0.2) is 11.1 Å². The number of aromatic carboxylic acids is 1. The van der Waals surface area contributed by atoms with Crippen LogP contribution in [0, 0.1) is 0 Å². The maximum Gasteiger partial charge on any atom is 0.337 e. The van der Waals surface area contributed by atoms with E-state index in [9.17, 15) is 4.79 Å². The fourth-order valence-corrected chi connectivity index (χ4v) is 2.68. The van der Waals surface area contributed by atoms with Crippen molar-refractivity contribution in [3.63, 3.8) is 0 Å². The van der Waals surface area contributed by atoms with Gasteiger partial charge in [0.15, 0.2) is 0 Å². The lowest BCUT2D eigenvalue weighted by Gasteiger charge is -2.12. The first kappa shape index (κ1) is 14.0. The molecule has 1 fully saturated rings. The number of carbonyl (C=O) groups is 1. The number of nitrogens with one attached hydrogen (secondary N) is 1. The molecule has 0 spiro atoms. The lowest BCUT2D eigenvalue weighted by Crippen LogP contribution is -2.04. The lowest BCUT2D eigenvalue weighted by molar-refractivity contribution is 0.0697. The van der Waals surface area contributed by atoms with Gasteiger partial charge in [0, 0.05) is 12.2 Å². The molecule has 3 rings (SSSR count). The number of hydrogen-bond acceptors (Lipinski definition) is 2. The van der Waals surface area contributed by atoms with Crippen LogP contribution in [0.15, 0.2) is 42.5 Å². The number of hydrogen-bond donors (Lipinski definition) is 2. The number of anilines is 1. The van der Waals surface area contributed by atoms with Gasteiger partial charge in [-0.15, -0.1) is 0 Å². The summed E-state index contributed by atoms with van der Waals surface area (Å²) < 4.78 is 0. The van der Waals surface area contributed by atoms with Crippen LogP contribution in [0.5, 0.6) is 0 Å². The first-order valence-electron chi connectivity index (χ1n) is 6.99. The van der Waals surface area contributed by atoms with Gasteiger partial charge in [-0.1, -0.05) is 35.9 Å². The van der Waals surface area contributed by atoms with E-state index in [1.54, 1.807) is 18.2 Å². The Morgan fingerprint density at radius 3 is 2.71 bits per heavy atom. The Kier molecular flexibility index (Phi) is 3.84. The molecule has 0 aromatic heterocycles. The van der Waals surface area contributed by atoms with Crippen molar-refractivity contribution in [1.82, 2.24) is 0 Å². The zero-order valence-corrected chi connectivity index (χ0v) is 12.2. The van der Waals surface area contributed by atoms with Gasteiger partial charge in [0.05, 0.1) is 10.6 Å². The molecule has 0 radical (unpaired) electrons. The Bertz CT molecular complexity index is 680. The van der Waals surface area contributed by atoms with Crippen molar-refractivity contribution in [3.05, 3.63) is 64.2 Å². The van der Waals surface area contributed by atoms with E-state index in [-0.39, 0.29) is 10.6 Å². The summed E-state index contributed by atoms with van der Waals surface area (Å²) in [4.78, 5) is 11.1. The molecular formula is C17H16ClNO2. The molecule has 2 aromatic rings. The number of halogens is 1. The molecule has 1 aliphatic carbocycles. The third-order valence-electron chi connectivity index (χ3n) is 3.75. The van der Waals surface area contributed by atoms with E-state index in [1.807, 2.05) is 6.07 Å². The van der Waals surface area contributed by atoms with Crippen molar-refractivity contribution in [1.29, 1.82) is 0 Å². The minimum absolute atomic E-state index is 0.122. The second kappa shape index (κ2) is 5.78. The van der Waals surface area contributed by atoms with Crippen LogP contribution in [-0.2, 0) is 6.54 Å². The van der Waals surface area contributed by atoms with E-state index >= 15 is 0 Å². The van der Waals surface area contributed by atoms with Gasteiger partial charge in [-0.05, 0) is 48.1 Å². The van der Waals surface area contributed by atoms with Gasteiger partial charge < -0.3 is 10.4 Å². The standard InChI is InChI=1S/C17H16ClNO2/c18-16-8-7-13(9-15(16)17(20)21)19-10-12-3-1-2-4-14(12)11-5-6-11/h1-4,7-9,11,19H,5-6,10H2,(H,20,21). The molecule has 1 saturated carbocycles. The second-order valence-corrected chi connectivity index (χ2v) is 5.73. The van der Waals surface area contributed by atoms with Crippen LogP contribution in [0.3, 0.4) is 0 Å². The zero-order valence-electron chi connectivity index (χ0n) is 11.5. The van der Waals surface area contributed by atoms with E-state index in [0.717, 1.165) is 5.69 Å². The first-order chi connectivity index (χ1) is 10.1. The Morgan fingerprint density at radius 1 is 1.24 bits per heavy atom. The molecule has 0 unspecified atom stereocenters. The number of carboxylic acids is 1. The van der Waals surface area contributed by atoms with Gasteiger partial charge in [-0.2, -0.15) is 0 Å². The molecule has 2 N–H and O–H groups in total. The van der Waals surface area contributed by atoms with E-state index in [0.29, 0.717) is 12.5 Å². The quantitative estimate of drug-likeness (QED) is 0.853. The average molecular weight is 302 g/mol. The summed E-state index contributed by atoms with van der Waals surface area (Å²) in [6, 6.07) is 13.4. The third kappa shape index (κ3) is 3.19. The van der Waals surface area contributed by atoms with Gasteiger partial charge in [0.25, 0.3) is 0 Å². The molecular weight excluding hydrogens is 286 g/mol. The highest BCUT2D eigenvalue weighted by molar-refractivity contribution is 6.33. The topological polar surface area (TPSA) is 49.3 Å². The normalized spacial score (nSPS) is 14.0. The Morgan fingerprint density at radius 2 is 2.00 bits per heavy atom. The van der Waals surface area contributed by atoms with Gasteiger partial charge in [0.2, 0.25) is 0 Å². The maximum atomic E-state index is 11.1. The summed E-state index contributed by atoms with van der Waals surface area (Å²) in [6.45, 7) is 0.688. The summed E-state index contributed by atoms with van der Waals surface area (Å²) in [6.07, 6.45) is 2.53. The SMILES string of the molecule is O=C(O)c1cc(NCc2ccccc2C2CC2)ccc1Cl. The average Bonchev–Trinajstić information content (AvgIpc) is 3.31. The predicted octanol–water partition coefficient (Wildman–Crippen LogP) is 4.53. The molecule has 0 bridgehead atoms. The highest BCUT2D eigenvalue weighted by Gasteiger charge is 2.25. The highest BCUT2D eigenvalue weighted by Crippen LogP contribution is 2.41. The zero-order chi connectivity index (χ0) is 14.8. The molecule has 0 saturated heterocycles.